The number of hydrogen-bond acceptors (Lipinski definition) is 1. The van der Waals surface area contributed by atoms with Crippen LogP contribution in [0.4, 0.5) is 5.69 Å². The van der Waals surface area contributed by atoms with Gasteiger partial charge < -0.3 is 22.3 Å². The average molecular weight is 634 g/mol. The minimum Gasteiger partial charge on any atom is -1.00 e. The largest absolute Gasteiger partial charge is 1.00 e. The predicted octanol–water partition coefficient (Wildman–Crippen LogP) is 7.13. The van der Waals surface area contributed by atoms with E-state index in [9.17, 15) is 0 Å². The summed E-state index contributed by atoms with van der Waals surface area (Å²) < 4.78 is 0. The van der Waals surface area contributed by atoms with Crippen LogP contribution in [-0.4, -0.2) is 30.8 Å². The smallest absolute Gasteiger partial charge is 0.0964 e. The van der Waals surface area contributed by atoms with Crippen molar-refractivity contribution in [3.63, 3.8) is 0 Å². The summed E-state index contributed by atoms with van der Waals surface area (Å²) >= 11 is 0. The molecule has 234 valence electrons. The van der Waals surface area contributed by atoms with Crippen LogP contribution in [0.3, 0.4) is 0 Å². The number of H-pyrrole nitrogens is 1. The quantitative estimate of drug-likeness (QED) is 0.144. The first-order valence-corrected chi connectivity index (χ1v) is 16.5. The molecular weight excluding hydrogens is 594 g/mol. The highest BCUT2D eigenvalue weighted by molar-refractivity contribution is 6.18. The van der Waals surface area contributed by atoms with Gasteiger partial charge in [0.2, 0.25) is 0 Å². The molecule has 0 aliphatic heterocycles. The van der Waals surface area contributed by atoms with Crippen molar-refractivity contribution in [1.29, 1.82) is 0 Å². The third-order valence-corrected chi connectivity index (χ3v) is 9.34. The topological polar surface area (TPSA) is 32.6 Å². The molecular formula is C43H40ClN3. The molecule has 1 aromatic heterocycles. The second-order valence-corrected chi connectivity index (χ2v) is 11.9. The molecule has 0 aliphatic carbocycles. The minimum absolute atomic E-state index is 0. The maximum Gasteiger partial charge on any atom is 0.0964 e. The summed E-state index contributed by atoms with van der Waals surface area (Å²) in [7, 11) is 0. The fourth-order valence-corrected chi connectivity index (χ4v) is 6.79. The number of para-hydroxylation sites is 1. The summed E-state index contributed by atoms with van der Waals surface area (Å²) in [5, 5.41) is 10.8. The Labute approximate surface area is 283 Å². The van der Waals surface area contributed by atoms with Crippen molar-refractivity contribution >= 4 is 65.9 Å². The van der Waals surface area contributed by atoms with Crippen LogP contribution in [-0.2, 0) is 0 Å². The molecule has 0 saturated carbocycles. The number of benzene rings is 7. The van der Waals surface area contributed by atoms with Gasteiger partial charge in [-0.05, 0) is 82.1 Å². The molecule has 1 heterocycles. The van der Waals surface area contributed by atoms with Crippen LogP contribution in [0.2, 0.25) is 0 Å². The van der Waals surface area contributed by atoms with Gasteiger partial charge in [-0.3, -0.25) is 4.99 Å². The first-order chi connectivity index (χ1) is 22.7. The van der Waals surface area contributed by atoms with E-state index in [1.807, 2.05) is 0 Å². The van der Waals surface area contributed by atoms with Gasteiger partial charge in [-0.15, -0.1) is 0 Å². The van der Waals surface area contributed by atoms with E-state index in [1.54, 1.807) is 4.90 Å². The Balaban J connectivity index is 0.000000438. The van der Waals surface area contributed by atoms with E-state index in [4.69, 9.17) is 4.99 Å². The number of halogens is 1. The molecule has 0 bridgehead atoms. The van der Waals surface area contributed by atoms with Crippen LogP contribution in [0.15, 0.2) is 138 Å². The third kappa shape index (κ3) is 6.13. The number of hydrogen-bond donors (Lipinski definition) is 2. The lowest BCUT2D eigenvalue weighted by molar-refractivity contribution is -0.894. The summed E-state index contributed by atoms with van der Waals surface area (Å²) in [6.45, 7) is 10.5. The molecule has 0 amide bonds. The first-order valence-electron chi connectivity index (χ1n) is 16.5. The van der Waals surface area contributed by atoms with E-state index in [0.717, 1.165) is 27.8 Å². The highest BCUT2D eigenvalue weighted by atomic mass is 35.5. The molecule has 0 fully saturated rings. The lowest BCUT2D eigenvalue weighted by atomic mass is 9.94. The number of nitrogens with zero attached hydrogens (tertiary/aromatic N) is 1. The lowest BCUT2D eigenvalue weighted by Crippen LogP contribution is -3.11. The molecule has 0 radical (unpaired) electrons. The average Bonchev–Trinajstić information content (AvgIpc) is 3.48. The van der Waals surface area contributed by atoms with Crippen molar-refractivity contribution in [2.24, 2.45) is 4.99 Å². The number of quaternary nitrogens is 1. The maximum absolute atomic E-state index is 5.30. The van der Waals surface area contributed by atoms with Gasteiger partial charge in [0.25, 0.3) is 0 Å². The van der Waals surface area contributed by atoms with Crippen LogP contribution in [0, 0.1) is 0 Å². The van der Waals surface area contributed by atoms with Gasteiger partial charge in [0.15, 0.2) is 0 Å². The third-order valence-electron chi connectivity index (χ3n) is 9.34. The highest BCUT2D eigenvalue weighted by Gasteiger charge is 2.18. The Bertz CT molecular complexity index is 2230. The molecule has 4 heteroatoms. The zero-order valence-electron chi connectivity index (χ0n) is 27.2. The van der Waals surface area contributed by atoms with E-state index in [1.165, 1.54) is 68.3 Å². The van der Waals surface area contributed by atoms with Crippen molar-refractivity contribution in [3.8, 4) is 11.3 Å². The second kappa shape index (κ2) is 14.2. The summed E-state index contributed by atoms with van der Waals surface area (Å²) in [5.74, 6) is 0. The molecule has 0 saturated heterocycles. The molecule has 47 heavy (non-hydrogen) atoms. The van der Waals surface area contributed by atoms with Crippen LogP contribution < -0.4 is 17.3 Å². The molecule has 8 rings (SSSR count). The normalized spacial score (nSPS) is 11.5. The van der Waals surface area contributed by atoms with Gasteiger partial charge in [-0.2, -0.15) is 0 Å². The van der Waals surface area contributed by atoms with Crippen molar-refractivity contribution in [3.05, 3.63) is 139 Å². The van der Waals surface area contributed by atoms with Crippen molar-refractivity contribution < 1.29 is 17.3 Å². The van der Waals surface area contributed by atoms with Gasteiger partial charge in [0.05, 0.1) is 31.0 Å². The maximum atomic E-state index is 5.30. The molecule has 0 unspecified atom stereocenters. The zero-order valence-corrected chi connectivity index (χ0v) is 28.0. The highest BCUT2D eigenvalue weighted by Crippen LogP contribution is 2.44. The predicted molar refractivity (Wildman–Crippen MR) is 200 cm³/mol. The Hall–Kier alpha value is -4.96. The summed E-state index contributed by atoms with van der Waals surface area (Å²) in [6, 6.07) is 47.4. The second-order valence-electron chi connectivity index (χ2n) is 11.9. The minimum atomic E-state index is 0. The van der Waals surface area contributed by atoms with E-state index >= 15 is 0 Å². The Morgan fingerprint density at radius 3 is 1.40 bits per heavy atom. The molecule has 0 aliphatic rings. The van der Waals surface area contributed by atoms with Crippen molar-refractivity contribution in [2.45, 2.75) is 20.8 Å². The van der Waals surface area contributed by atoms with Gasteiger partial charge >= 0.3 is 0 Å². The molecule has 8 aromatic rings. The summed E-state index contributed by atoms with van der Waals surface area (Å²) in [5.41, 5.74) is 5.42. The number of aliphatic imine (C=N–C) groups is 1. The number of nitrogens with one attached hydrogen (secondary N) is 2. The van der Waals surface area contributed by atoms with E-state index in [2.05, 4.69) is 165 Å². The van der Waals surface area contributed by atoms with Gasteiger partial charge in [0.1, 0.15) is 0 Å². The Morgan fingerprint density at radius 1 is 0.532 bits per heavy atom. The van der Waals surface area contributed by atoms with Crippen molar-refractivity contribution in [1.82, 2.24) is 4.98 Å². The van der Waals surface area contributed by atoms with Gasteiger partial charge in [-0.1, -0.05) is 115 Å². The molecule has 3 nitrogen and oxygen atoms in total. The van der Waals surface area contributed by atoms with E-state index in [-0.39, 0.29) is 12.4 Å². The SMILES string of the molecule is C(=Nc1c(-c2c3ccccc3cc3ccccc23)[nH]c2ccccc12)c1c2ccccc2cc2ccccc12.CC[NH+](CC)CC.[Cl-]. The molecule has 0 spiro atoms. The van der Waals surface area contributed by atoms with Crippen LogP contribution in [0.1, 0.15) is 26.3 Å². The number of fused-ring (bicyclic) bond motifs is 5. The van der Waals surface area contributed by atoms with E-state index in [0.29, 0.717) is 0 Å². The Morgan fingerprint density at radius 2 is 0.936 bits per heavy atom. The van der Waals surface area contributed by atoms with Crippen molar-refractivity contribution in [2.75, 3.05) is 19.6 Å². The van der Waals surface area contributed by atoms with Gasteiger partial charge in [0, 0.05) is 28.2 Å². The van der Waals surface area contributed by atoms with Gasteiger partial charge in [-0.25, -0.2) is 0 Å². The fraction of sp³-hybridized carbons (Fsp3) is 0.140. The monoisotopic (exact) mass is 633 g/mol. The lowest BCUT2D eigenvalue weighted by Gasteiger charge is -2.12. The van der Waals surface area contributed by atoms with Crippen LogP contribution >= 0.6 is 0 Å². The number of aromatic nitrogens is 1. The summed E-state index contributed by atoms with van der Waals surface area (Å²) in [4.78, 5) is 10.7. The number of aromatic amines is 1. The molecule has 0 atom stereocenters. The Kier molecular flexibility index (Phi) is 9.68. The summed E-state index contributed by atoms with van der Waals surface area (Å²) in [6.07, 6.45) is 2.07. The zero-order chi connectivity index (χ0) is 31.5. The molecule has 2 N–H and O–H groups in total. The van der Waals surface area contributed by atoms with Crippen LogP contribution in [0.25, 0.3) is 65.3 Å². The number of rotatable bonds is 6. The fourth-order valence-electron chi connectivity index (χ4n) is 6.79. The first kappa shape index (κ1) is 32.0. The molecule has 7 aromatic carbocycles. The van der Waals surface area contributed by atoms with Crippen LogP contribution in [0.5, 0.6) is 0 Å². The standard InChI is InChI=1S/C37H24N2.C6H15N.ClH/c1-5-15-28-24(11-1)21-25-12-2-6-16-29(25)33(28)23-38-36-32-19-9-10-20-34(32)39-37(36)35-30-17-7-3-13-26(30)22-27-14-4-8-18-31(27)35;1-4-7(5-2)6-3;/h1-23,39H;4-6H2,1-3H3;1H. The van der Waals surface area contributed by atoms with E-state index < -0.39 is 0 Å².